The number of fused-ring (bicyclic) bond motifs is 1. The van der Waals surface area contributed by atoms with Crippen molar-refractivity contribution in [2.45, 2.75) is 26.2 Å². The van der Waals surface area contributed by atoms with Crippen molar-refractivity contribution in [3.63, 3.8) is 0 Å². The van der Waals surface area contributed by atoms with Crippen LogP contribution in [0.4, 0.5) is 5.82 Å². The monoisotopic (exact) mass is 377 g/mol. The van der Waals surface area contributed by atoms with Crippen LogP contribution >= 0.6 is 11.3 Å². The van der Waals surface area contributed by atoms with Crippen molar-refractivity contribution in [1.29, 1.82) is 0 Å². The van der Waals surface area contributed by atoms with Gasteiger partial charge in [0.1, 0.15) is 5.82 Å². The number of rotatable bonds is 6. The van der Waals surface area contributed by atoms with Crippen LogP contribution < -0.4 is 5.32 Å². The molecule has 4 aromatic rings. The zero-order valence-electron chi connectivity index (χ0n) is 14.9. The number of aromatic nitrogens is 4. The highest BCUT2D eigenvalue weighted by Crippen LogP contribution is 2.20. The Morgan fingerprint density at radius 2 is 2.00 bits per heavy atom. The Balaban J connectivity index is 1.76. The third kappa shape index (κ3) is 3.73. The molecule has 3 aromatic heterocycles. The first kappa shape index (κ1) is 17.4. The summed E-state index contributed by atoms with van der Waals surface area (Å²) in [5.74, 6) is 1.50. The van der Waals surface area contributed by atoms with Gasteiger partial charge in [-0.15, -0.1) is 16.4 Å². The number of amides is 1. The van der Waals surface area contributed by atoms with E-state index in [-0.39, 0.29) is 5.91 Å². The minimum atomic E-state index is -0.157. The summed E-state index contributed by atoms with van der Waals surface area (Å²) < 4.78 is 1.60. The average molecular weight is 377 g/mol. The first-order valence-electron chi connectivity index (χ1n) is 8.91. The van der Waals surface area contributed by atoms with E-state index in [1.54, 1.807) is 10.6 Å². The summed E-state index contributed by atoms with van der Waals surface area (Å²) in [6, 6.07) is 15.3. The number of benzene rings is 1. The number of carbonyl (C=O) groups excluding carboxylic acids is 1. The van der Waals surface area contributed by atoms with Crippen LogP contribution in [0.15, 0.2) is 53.9 Å². The fourth-order valence-corrected chi connectivity index (χ4v) is 3.41. The molecule has 0 unspecified atom stereocenters. The van der Waals surface area contributed by atoms with E-state index in [2.05, 4.69) is 27.3 Å². The minimum absolute atomic E-state index is 0.157. The maximum absolute atomic E-state index is 12.5. The molecule has 1 aromatic carbocycles. The number of thiophene rings is 1. The quantitative estimate of drug-likeness (QED) is 0.539. The fourth-order valence-electron chi connectivity index (χ4n) is 2.79. The molecule has 0 aliphatic carbocycles. The van der Waals surface area contributed by atoms with E-state index in [0.717, 1.165) is 30.5 Å². The number of anilines is 1. The summed E-state index contributed by atoms with van der Waals surface area (Å²) >= 11 is 1.40. The number of nitrogens with one attached hydrogen (secondary N) is 1. The van der Waals surface area contributed by atoms with Gasteiger partial charge in [0.15, 0.2) is 5.82 Å². The zero-order valence-corrected chi connectivity index (χ0v) is 15.7. The summed E-state index contributed by atoms with van der Waals surface area (Å²) in [6.07, 6.45) is 2.94. The molecule has 1 amide bonds. The molecule has 7 heteroatoms. The van der Waals surface area contributed by atoms with E-state index in [0.29, 0.717) is 22.3 Å². The van der Waals surface area contributed by atoms with Crippen molar-refractivity contribution in [3.8, 4) is 11.4 Å². The lowest BCUT2D eigenvalue weighted by Gasteiger charge is -2.08. The van der Waals surface area contributed by atoms with Crippen molar-refractivity contribution in [3.05, 3.63) is 64.5 Å². The van der Waals surface area contributed by atoms with Crippen LogP contribution in [-0.4, -0.2) is 25.5 Å². The van der Waals surface area contributed by atoms with E-state index in [4.69, 9.17) is 0 Å². The van der Waals surface area contributed by atoms with E-state index in [1.165, 1.54) is 11.3 Å². The molecule has 0 fully saturated rings. The Morgan fingerprint density at radius 1 is 1.15 bits per heavy atom. The molecule has 0 spiro atoms. The number of hydrogen-bond acceptors (Lipinski definition) is 5. The predicted octanol–water partition coefficient (Wildman–Crippen LogP) is 4.45. The molecule has 3 heterocycles. The highest BCUT2D eigenvalue weighted by molar-refractivity contribution is 7.12. The summed E-state index contributed by atoms with van der Waals surface area (Å²) in [4.78, 5) is 22.4. The number of hydrogen-bond donors (Lipinski definition) is 1. The first-order valence-corrected chi connectivity index (χ1v) is 9.79. The van der Waals surface area contributed by atoms with E-state index in [1.807, 2.05) is 47.8 Å². The minimum Gasteiger partial charge on any atom is -0.306 e. The lowest BCUT2D eigenvalue weighted by molar-refractivity contribution is 0.103. The highest BCUT2D eigenvalue weighted by Gasteiger charge is 2.15. The predicted molar refractivity (Wildman–Crippen MR) is 107 cm³/mol. The second-order valence-electron chi connectivity index (χ2n) is 6.18. The Bertz CT molecular complexity index is 1060. The molecule has 0 saturated heterocycles. The maximum atomic E-state index is 12.5. The molecule has 1 N–H and O–H groups in total. The Hall–Kier alpha value is -3.06. The van der Waals surface area contributed by atoms with Crippen LogP contribution in [0.1, 0.15) is 35.1 Å². The largest absolute Gasteiger partial charge is 0.306 e. The van der Waals surface area contributed by atoms with Crippen molar-refractivity contribution in [1.82, 2.24) is 19.6 Å². The third-order valence-corrected chi connectivity index (χ3v) is 5.04. The summed E-state index contributed by atoms with van der Waals surface area (Å²) in [6.45, 7) is 2.14. The normalized spacial score (nSPS) is 11.0. The first-order chi connectivity index (χ1) is 13.2. The summed E-state index contributed by atoms with van der Waals surface area (Å²) in [5.41, 5.74) is 1.81. The van der Waals surface area contributed by atoms with Gasteiger partial charge in [0, 0.05) is 17.3 Å². The van der Waals surface area contributed by atoms with Gasteiger partial charge in [-0.2, -0.15) is 9.50 Å². The second-order valence-corrected chi connectivity index (χ2v) is 7.13. The molecule has 0 aliphatic rings. The molecule has 0 aliphatic heterocycles. The van der Waals surface area contributed by atoms with Gasteiger partial charge in [-0.05, 0) is 24.3 Å². The van der Waals surface area contributed by atoms with Crippen molar-refractivity contribution in [2.75, 3.05) is 5.32 Å². The molecule has 0 saturated carbocycles. The van der Waals surface area contributed by atoms with Gasteiger partial charge >= 0.3 is 0 Å². The highest BCUT2D eigenvalue weighted by atomic mass is 32.1. The van der Waals surface area contributed by atoms with Gasteiger partial charge in [-0.3, -0.25) is 4.79 Å². The number of carbonyl (C=O) groups is 1. The van der Waals surface area contributed by atoms with Gasteiger partial charge in [0.2, 0.25) is 0 Å². The van der Waals surface area contributed by atoms with Crippen molar-refractivity contribution < 1.29 is 4.79 Å². The number of aryl methyl sites for hydroxylation is 1. The Morgan fingerprint density at radius 3 is 2.74 bits per heavy atom. The second kappa shape index (κ2) is 7.67. The SMILES string of the molecule is CCCCc1cc(NC(=O)c2cccs2)n2nc(-c3ccccc3)nc2n1. The van der Waals surface area contributed by atoms with Gasteiger partial charge in [-0.25, -0.2) is 4.98 Å². The Labute approximate surface area is 160 Å². The molecular weight excluding hydrogens is 358 g/mol. The van der Waals surface area contributed by atoms with E-state index >= 15 is 0 Å². The molecule has 27 heavy (non-hydrogen) atoms. The smallest absolute Gasteiger partial charge is 0.266 e. The topological polar surface area (TPSA) is 72.2 Å². The summed E-state index contributed by atoms with van der Waals surface area (Å²) in [7, 11) is 0. The van der Waals surface area contributed by atoms with Gasteiger partial charge in [-0.1, -0.05) is 49.7 Å². The van der Waals surface area contributed by atoms with Gasteiger partial charge in [0.05, 0.1) is 4.88 Å². The molecule has 0 radical (unpaired) electrons. The lowest BCUT2D eigenvalue weighted by Crippen LogP contribution is -2.14. The van der Waals surface area contributed by atoms with Crippen molar-refractivity contribution in [2.24, 2.45) is 0 Å². The third-order valence-electron chi connectivity index (χ3n) is 4.17. The molecule has 4 rings (SSSR count). The van der Waals surface area contributed by atoms with Gasteiger partial charge < -0.3 is 5.32 Å². The van der Waals surface area contributed by atoms with Crippen LogP contribution in [0.3, 0.4) is 0 Å². The van der Waals surface area contributed by atoms with Crippen LogP contribution in [0.2, 0.25) is 0 Å². The summed E-state index contributed by atoms with van der Waals surface area (Å²) in [5, 5.41) is 9.41. The van der Waals surface area contributed by atoms with Crippen LogP contribution in [0, 0.1) is 0 Å². The van der Waals surface area contributed by atoms with Crippen LogP contribution in [0.25, 0.3) is 17.2 Å². The standard InChI is InChI=1S/C20H19N5OS/c1-2-3-10-15-13-17(22-19(26)16-11-7-12-27-16)25-20(21-15)23-18(24-25)14-8-5-4-6-9-14/h4-9,11-13H,2-3,10H2,1H3,(H,22,26). The average Bonchev–Trinajstić information content (AvgIpc) is 3.37. The van der Waals surface area contributed by atoms with Crippen molar-refractivity contribution >= 4 is 28.8 Å². The molecule has 0 bridgehead atoms. The number of nitrogens with zero attached hydrogens (tertiary/aromatic N) is 4. The van der Waals surface area contributed by atoms with Crippen LogP contribution in [-0.2, 0) is 6.42 Å². The fraction of sp³-hybridized carbons (Fsp3) is 0.200. The molecular formula is C20H19N5OS. The van der Waals surface area contributed by atoms with Gasteiger partial charge in [0.25, 0.3) is 11.7 Å². The lowest BCUT2D eigenvalue weighted by atomic mass is 10.2. The molecule has 136 valence electrons. The maximum Gasteiger partial charge on any atom is 0.266 e. The van der Waals surface area contributed by atoms with Crippen LogP contribution in [0.5, 0.6) is 0 Å². The van der Waals surface area contributed by atoms with E-state index < -0.39 is 0 Å². The Kier molecular flexibility index (Phi) is 4.93. The zero-order chi connectivity index (χ0) is 18.6. The van der Waals surface area contributed by atoms with E-state index in [9.17, 15) is 4.79 Å². The molecule has 6 nitrogen and oxygen atoms in total. The molecule has 0 atom stereocenters. The number of unbranched alkanes of at least 4 members (excludes halogenated alkanes) is 1.